The lowest BCUT2D eigenvalue weighted by Gasteiger charge is -2.36. The zero-order valence-corrected chi connectivity index (χ0v) is 35.8. The summed E-state index contributed by atoms with van der Waals surface area (Å²) >= 11 is 0. The molecule has 1 aromatic heterocycles. The average Bonchev–Trinajstić information content (AvgIpc) is 3.95. The van der Waals surface area contributed by atoms with Crippen molar-refractivity contribution in [3.05, 3.63) is 178 Å². The summed E-state index contributed by atoms with van der Waals surface area (Å²) in [5.41, 5.74) is 11.7. The molecule has 1 fully saturated rings. The van der Waals surface area contributed by atoms with Crippen LogP contribution in [0, 0.1) is 0 Å². The largest absolute Gasteiger partial charge is 0.369 e. The van der Waals surface area contributed by atoms with Crippen molar-refractivity contribution in [1.29, 1.82) is 0 Å². The van der Waals surface area contributed by atoms with Crippen molar-refractivity contribution >= 4 is 25.7 Å². The van der Waals surface area contributed by atoms with E-state index in [-0.39, 0.29) is 6.04 Å². The molecule has 10 rings (SSSR count). The summed E-state index contributed by atoms with van der Waals surface area (Å²) in [6.45, 7) is 6.40. The molecular formula is C49H50N6O4S2. The molecule has 1 atom stereocenters. The Bertz CT molecular complexity index is 2790. The molecule has 1 saturated heterocycles. The number of piperazine rings is 1. The molecule has 1 unspecified atom stereocenters. The van der Waals surface area contributed by atoms with Gasteiger partial charge in [-0.1, -0.05) is 78.9 Å². The van der Waals surface area contributed by atoms with Gasteiger partial charge in [0.05, 0.1) is 21.5 Å². The van der Waals surface area contributed by atoms with Crippen molar-refractivity contribution in [3.63, 3.8) is 0 Å². The molecule has 12 heteroatoms. The third-order valence-corrected chi connectivity index (χ3v) is 16.5. The SMILES string of the molecule is O=S(=O)(c1cccc(CNC2CCCc3c(-c4ccc5c(c4)CN(S(=O)(=O)c4cccc(CN6CCN(c7ccccc7)CC6)c4)C5)ccnc32)c1)N1Cc2ccccc2C1. The van der Waals surface area contributed by atoms with Gasteiger partial charge in [-0.15, -0.1) is 0 Å². The lowest BCUT2D eigenvalue weighted by molar-refractivity contribution is 0.249. The molecule has 0 amide bonds. The van der Waals surface area contributed by atoms with E-state index < -0.39 is 20.0 Å². The maximum atomic E-state index is 14.1. The van der Waals surface area contributed by atoms with E-state index in [4.69, 9.17) is 4.98 Å². The number of nitrogens with zero attached hydrogens (tertiary/aromatic N) is 5. The van der Waals surface area contributed by atoms with Crippen LogP contribution >= 0.6 is 0 Å². The molecular weight excluding hydrogens is 801 g/mol. The van der Waals surface area contributed by atoms with Gasteiger partial charge in [0.2, 0.25) is 20.0 Å². The zero-order chi connectivity index (χ0) is 41.6. The molecule has 6 aromatic rings. The summed E-state index contributed by atoms with van der Waals surface area (Å²) in [6, 6.07) is 41.6. The molecule has 1 aliphatic carbocycles. The maximum absolute atomic E-state index is 14.1. The first-order valence-electron chi connectivity index (χ1n) is 21.3. The Balaban J connectivity index is 0.798. The van der Waals surface area contributed by atoms with E-state index in [9.17, 15) is 16.8 Å². The van der Waals surface area contributed by atoms with Crippen LogP contribution in [-0.2, 0) is 65.7 Å². The smallest absolute Gasteiger partial charge is 0.243 e. The third kappa shape index (κ3) is 8.04. The van der Waals surface area contributed by atoms with Crippen molar-refractivity contribution in [2.75, 3.05) is 31.1 Å². The molecule has 0 spiro atoms. The van der Waals surface area contributed by atoms with Crippen molar-refractivity contribution in [1.82, 2.24) is 23.8 Å². The number of hydrogen-bond donors (Lipinski definition) is 1. The Hall–Kier alpha value is -5.21. The molecule has 10 nitrogen and oxygen atoms in total. The van der Waals surface area contributed by atoms with Gasteiger partial charge in [0.25, 0.3) is 0 Å². The highest BCUT2D eigenvalue weighted by molar-refractivity contribution is 7.89. The summed E-state index contributed by atoms with van der Waals surface area (Å²) in [5.74, 6) is 0. The fourth-order valence-electron chi connectivity index (χ4n) is 9.55. The minimum absolute atomic E-state index is 0.0155. The first-order chi connectivity index (χ1) is 29.7. The molecule has 61 heavy (non-hydrogen) atoms. The normalized spacial score (nSPS) is 18.5. The molecule has 312 valence electrons. The van der Waals surface area contributed by atoms with Gasteiger partial charge in [0, 0.05) is 77.3 Å². The molecule has 0 radical (unpaired) electrons. The Morgan fingerprint density at radius 1 is 0.607 bits per heavy atom. The third-order valence-electron chi connectivity index (χ3n) is 12.9. The van der Waals surface area contributed by atoms with Crippen molar-refractivity contribution < 1.29 is 16.8 Å². The second-order valence-corrected chi connectivity index (χ2v) is 20.6. The van der Waals surface area contributed by atoms with Gasteiger partial charge >= 0.3 is 0 Å². The fraction of sp³-hybridized carbons (Fsp3) is 0.286. The average molecular weight is 851 g/mol. The van der Waals surface area contributed by atoms with Crippen molar-refractivity contribution in [3.8, 4) is 11.1 Å². The topological polar surface area (TPSA) is 106 Å². The molecule has 4 aliphatic rings. The molecule has 5 aromatic carbocycles. The molecule has 3 aliphatic heterocycles. The zero-order valence-electron chi connectivity index (χ0n) is 34.2. The van der Waals surface area contributed by atoms with Crippen LogP contribution in [0.4, 0.5) is 5.69 Å². The second-order valence-electron chi connectivity index (χ2n) is 16.7. The van der Waals surface area contributed by atoms with Crippen LogP contribution in [0.3, 0.4) is 0 Å². The number of aromatic nitrogens is 1. The van der Waals surface area contributed by atoms with Gasteiger partial charge in [-0.3, -0.25) is 9.88 Å². The highest BCUT2D eigenvalue weighted by Crippen LogP contribution is 2.38. The lowest BCUT2D eigenvalue weighted by atomic mass is 9.86. The van der Waals surface area contributed by atoms with Gasteiger partial charge in [-0.2, -0.15) is 8.61 Å². The van der Waals surface area contributed by atoms with E-state index in [1.54, 1.807) is 26.8 Å². The Kier molecular flexibility index (Phi) is 10.8. The van der Waals surface area contributed by atoms with Crippen molar-refractivity contribution in [2.45, 2.75) is 74.4 Å². The number of nitrogens with one attached hydrogen (secondary N) is 1. The van der Waals surface area contributed by atoms with Gasteiger partial charge in [-0.25, -0.2) is 16.8 Å². The predicted molar refractivity (Wildman–Crippen MR) is 238 cm³/mol. The van der Waals surface area contributed by atoms with Crippen LogP contribution in [0.25, 0.3) is 11.1 Å². The highest BCUT2D eigenvalue weighted by Gasteiger charge is 2.33. The van der Waals surface area contributed by atoms with Gasteiger partial charge in [-0.05, 0) is 118 Å². The first-order valence-corrected chi connectivity index (χ1v) is 24.2. The van der Waals surface area contributed by atoms with Gasteiger partial charge in [0.15, 0.2) is 0 Å². The van der Waals surface area contributed by atoms with Gasteiger partial charge < -0.3 is 10.2 Å². The monoisotopic (exact) mass is 850 g/mol. The Morgan fingerprint density at radius 3 is 1.93 bits per heavy atom. The quantitative estimate of drug-likeness (QED) is 0.142. The van der Waals surface area contributed by atoms with E-state index in [1.807, 2.05) is 66.9 Å². The van der Waals surface area contributed by atoms with Crippen LogP contribution in [0.15, 0.2) is 143 Å². The summed E-state index contributed by atoms with van der Waals surface area (Å²) in [4.78, 5) is 10.3. The summed E-state index contributed by atoms with van der Waals surface area (Å²) in [6.07, 6.45) is 4.69. The Morgan fingerprint density at radius 2 is 1.23 bits per heavy atom. The number of pyridine rings is 1. The van der Waals surface area contributed by atoms with E-state index in [0.717, 1.165) is 95.6 Å². The number of fused-ring (bicyclic) bond motifs is 3. The van der Waals surface area contributed by atoms with E-state index in [1.165, 1.54) is 11.3 Å². The summed E-state index contributed by atoms with van der Waals surface area (Å²) < 4.78 is 58.8. The summed E-state index contributed by atoms with van der Waals surface area (Å²) in [7, 11) is -7.37. The van der Waals surface area contributed by atoms with E-state index >= 15 is 0 Å². The number of hydrogen-bond acceptors (Lipinski definition) is 8. The molecule has 0 bridgehead atoms. The fourth-order valence-corrected chi connectivity index (χ4v) is 12.5. The van der Waals surface area contributed by atoms with Crippen LogP contribution in [0.1, 0.15) is 63.5 Å². The lowest BCUT2D eigenvalue weighted by Crippen LogP contribution is -2.45. The minimum atomic E-state index is -3.72. The first kappa shape index (κ1) is 39.9. The van der Waals surface area contributed by atoms with Crippen LogP contribution < -0.4 is 10.2 Å². The van der Waals surface area contributed by atoms with E-state index in [0.29, 0.717) is 49.1 Å². The number of anilines is 1. The van der Waals surface area contributed by atoms with Crippen LogP contribution in [0.5, 0.6) is 0 Å². The van der Waals surface area contributed by atoms with Crippen LogP contribution in [0.2, 0.25) is 0 Å². The molecule has 1 N–H and O–H groups in total. The number of sulfonamides is 2. The summed E-state index contributed by atoms with van der Waals surface area (Å²) in [5, 5.41) is 3.70. The molecule has 4 heterocycles. The maximum Gasteiger partial charge on any atom is 0.243 e. The Labute approximate surface area is 359 Å². The predicted octanol–water partition coefficient (Wildman–Crippen LogP) is 7.65. The molecule has 0 saturated carbocycles. The number of benzene rings is 5. The standard InChI is InChI=1S/C49H50N6O4S2/c56-60(57,54-32-39-11-4-5-12-40(39)33-54)44-15-6-9-36(27-44)30-51-48-18-8-17-47-46(21-22-50-49(47)48)38-19-20-41-34-55(35-42(41)29-38)61(58,59)45-16-7-10-37(28-45)31-52-23-25-53(26-24-52)43-13-2-1-3-14-43/h1-7,9-16,19-22,27-29,48,51H,8,17-18,23-26,30-35H2. The number of rotatable bonds is 11. The minimum Gasteiger partial charge on any atom is -0.369 e. The van der Waals surface area contributed by atoms with Crippen molar-refractivity contribution in [2.24, 2.45) is 0 Å². The van der Waals surface area contributed by atoms with E-state index in [2.05, 4.69) is 63.6 Å². The van der Waals surface area contributed by atoms with Gasteiger partial charge in [0.1, 0.15) is 0 Å². The highest BCUT2D eigenvalue weighted by atomic mass is 32.2. The van der Waals surface area contributed by atoms with Crippen LogP contribution in [-0.4, -0.2) is 61.5 Å². The second kappa shape index (κ2) is 16.6. The number of para-hydroxylation sites is 1.